The lowest BCUT2D eigenvalue weighted by Crippen LogP contribution is -2.27. The fraction of sp³-hybridized carbons (Fsp3) is 0.533. The van der Waals surface area contributed by atoms with E-state index in [1.54, 1.807) is 12.1 Å². The Bertz CT molecular complexity index is 413. The summed E-state index contributed by atoms with van der Waals surface area (Å²) in [7, 11) is 0. The molecule has 0 radical (unpaired) electrons. The molecule has 1 fully saturated rings. The third-order valence-corrected chi connectivity index (χ3v) is 3.45. The number of amides is 1. The zero-order valence-electron chi connectivity index (χ0n) is 10.9. The summed E-state index contributed by atoms with van der Waals surface area (Å²) in [5, 5.41) is 2.97. The SMILES string of the molecule is CC(C)CCNC(=O)C1CC1c1ccc(F)cc1. The highest BCUT2D eigenvalue weighted by atomic mass is 19.1. The molecule has 2 unspecified atom stereocenters. The minimum absolute atomic E-state index is 0.0858. The first-order valence-electron chi connectivity index (χ1n) is 6.61. The van der Waals surface area contributed by atoms with Gasteiger partial charge in [-0.15, -0.1) is 0 Å². The van der Waals surface area contributed by atoms with Gasteiger partial charge in [0.15, 0.2) is 0 Å². The maximum Gasteiger partial charge on any atom is 0.223 e. The van der Waals surface area contributed by atoms with Gasteiger partial charge in [-0.05, 0) is 42.4 Å². The first-order valence-corrected chi connectivity index (χ1v) is 6.61. The summed E-state index contributed by atoms with van der Waals surface area (Å²) >= 11 is 0. The smallest absolute Gasteiger partial charge is 0.223 e. The third-order valence-electron chi connectivity index (χ3n) is 3.45. The van der Waals surface area contributed by atoms with Crippen LogP contribution in [0.4, 0.5) is 4.39 Å². The van der Waals surface area contributed by atoms with E-state index in [1.807, 2.05) is 0 Å². The van der Waals surface area contributed by atoms with Gasteiger partial charge in [-0.2, -0.15) is 0 Å². The fourth-order valence-electron chi connectivity index (χ4n) is 2.18. The van der Waals surface area contributed by atoms with E-state index in [1.165, 1.54) is 12.1 Å². The summed E-state index contributed by atoms with van der Waals surface area (Å²) in [5.74, 6) is 0.895. The van der Waals surface area contributed by atoms with Crippen LogP contribution < -0.4 is 5.32 Å². The average Bonchev–Trinajstić information content (AvgIpc) is 3.09. The molecule has 2 rings (SSSR count). The molecule has 18 heavy (non-hydrogen) atoms. The Hall–Kier alpha value is -1.38. The van der Waals surface area contributed by atoms with E-state index in [2.05, 4.69) is 19.2 Å². The first kappa shape index (κ1) is 13.1. The van der Waals surface area contributed by atoms with Gasteiger partial charge < -0.3 is 5.32 Å². The molecule has 0 aliphatic heterocycles. The summed E-state index contributed by atoms with van der Waals surface area (Å²) in [4.78, 5) is 11.9. The Kier molecular flexibility index (Phi) is 4.00. The second kappa shape index (κ2) is 5.51. The molecule has 98 valence electrons. The van der Waals surface area contributed by atoms with Crippen LogP contribution in [-0.4, -0.2) is 12.5 Å². The van der Waals surface area contributed by atoms with E-state index in [0.29, 0.717) is 5.92 Å². The summed E-state index contributed by atoms with van der Waals surface area (Å²) in [6, 6.07) is 6.48. The van der Waals surface area contributed by atoms with E-state index in [4.69, 9.17) is 0 Å². The molecular weight excluding hydrogens is 229 g/mol. The van der Waals surface area contributed by atoms with Crippen molar-refractivity contribution >= 4 is 5.91 Å². The summed E-state index contributed by atoms with van der Waals surface area (Å²) in [6.07, 6.45) is 1.90. The van der Waals surface area contributed by atoms with Gasteiger partial charge in [0.25, 0.3) is 0 Å². The number of hydrogen-bond acceptors (Lipinski definition) is 1. The van der Waals surface area contributed by atoms with Gasteiger partial charge in [0.1, 0.15) is 5.82 Å². The van der Waals surface area contributed by atoms with Crippen LogP contribution in [0.3, 0.4) is 0 Å². The number of hydrogen-bond donors (Lipinski definition) is 1. The lowest BCUT2D eigenvalue weighted by molar-refractivity contribution is -0.122. The quantitative estimate of drug-likeness (QED) is 0.853. The molecule has 2 nitrogen and oxygen atoms in total. The van der Waals surface area contributed by atoms with E-state index in [-0.39, 0.29) is 23.6 Å². The molecule has 1 aromatic rings. The summed E-state index contributed by atoms with van der Waals surface area (Å²) in [5.41, 5.74) is 1.07. The van der Waals surface area contributed by atoms with Gasteiger partial charge >= 0.3 is 0 Å². The van der Waals surface area contributed by atoms with Gasteiger partial charge in [0.2, 0.25) is 5.91 Å². The maximum atomic E-state index is 12.8. The zero-order chi connectivity index (χ0) is 13.1. The molecular formula is C15H20FNO. The van der Waals surface area contributed by atoms with E-state index >= 15 is 0 Å². The minimum Gasteiger partial charge on any atom is -0.356 e. The highest BCUT2D eigenvalue weighted by molar-refractivity contribution is 5.82. The van der Waals surface area contributed by atoms with Gasteiger partial charge in [0, 0.05) is 12.5 Å². The molecule has 0 heterocycles. The average molecular weight is 249 g/mol. The van der Waals surface area contributed by atoms with Crippen LogP contribution in [0.2, 0.25) is 0 Å². The molecule has 0 bridgehead atoms. The van der Waals surface area contributed by atoms with Crippen LogP contribution in [0.15, 0.2) is 24.3 Å². The number of benzene rings is 1. The molecule has 1 saturated carbocycles. The Labute approximate surface area is 108 Å². The van der Waals surface area contributed by atoms with Gasteiger partial charge in [-0.3, -0.25) is 4.79 Å². The second-order valence-electron chi connectivity index (χ2n) is 5.47. The Morgan fingerprint density at radius 1 is 1.39 bits per heavy atom. The highest BCUT2D eigenvalue weighted by Crippen LogP contribution is 2.47. The largest absolute Gasteiger partial charge is 0.356 e. The number of nitrogens with one attached hydrogen (secondary N) is 1. The molecule has 2 atom stereocenters. The summed E-state index contributed by atoms with van der Waals surface area (Å²) < 4.78 is 12.8. The molecule has 0 saturated heterocycles. The van der Waals surface area contributed by atoms with Crippen molar-refractivity contribution in [1.29, 1.82) is 0 Å². The van der Waals surface area contributed by atoms with Crippen LogP contribution in [0, 0.1) is 17.7 Å². The van der Waals surface area contributed by atoms with Crippen LogP contribution in [-0.2, 0) is 4.79 Å². The second-order valence-corrected chi connectivity index (χ2v) is 5.47. The molecule has 1 aliphatic rings. The molecule has 0 aromatic heterocycles. The topological polar surface area (TPSA) is 29.1 Å². The van der Waals surface area contributed by atoms with E-state index < -0.39 is 0 Å². The third kappa shape index (κ3) is 3.31. The number of rotatable bonds is 5. The monoisotopic (exact) mass is 249 g/mol. The van der Waals surface area contributed by atoms with Crippen molar-refractivity contribution in [3.63, 3.8) is 0 Å². The molecule has 0 spiro atoms. The van der Waals surface area contributed by atoms with Crippen LogP contribution >= 0.6 is 0 Å². The van der Waals surface area contributed by atoms with Crippen molar-refractivity contribution in [1.82, 2.24) is 5.32 Å². The van der Waals surface area contributed by atoms with Gasteiger partial charge in [-0.25, -0.2) is 4.39 Å². The Morgan fingerprint density at radius 2 is 2.06 bits per heavy atom. The highest BCUT2D eigenvalue weighted by Gasteiger charge is 2.43. The van der Waals surface area contributed by atoms with Crippen molar-refractivity contribution in [2.75, 3.05) is 6.54 Å². The predicted octanol–water partition coefficient (Wildman–Crippen LogP) is 3.09. The van der Waals surface area contributed by atoms with Crippen molar-refractivity contribution in [3.8, 4) is 0 Å². The standard InChI is InChI=1S/C15H20FNO/c1-10(2)7-8-17-15(18)14-9-13(14)11-3-5-12(16)6-4-11/h3-6,10,13-14H,7-9H2,1-2H3,(H,17,18). The van der Waals surface area contributed by atoms with Crippen molar-refractivity contribution in [2.24, 2.45) is 11.8 Å². The first-order chi connectivity index (χ1) is 8.58. The van der Waals surface area contributed by atoms with Crippen LogP contribution in [0.1, 0.15) is 38.2 Å². The number of carbonyl (C=O) groups is 1. The van der Waals surface area contributed by atoms with E-state index in [9.17, 15) is 9.18 Å². The van der Waals surface area contributed by atoms with E-state index in [0.717, 1.165) is 24.9 Å². The molecule has 1 aromatic carbocycles. The molecule has 1 N–H and O–H groups in total. The molecule has 1 aliphatic carbocycles. The van der Waals surface area contributed by atoms with Crippen molar-refractivity contribution in [2.45, 2.75) is 32.6 Å². The normalized spacial score (nSPS) is 22.0. The number of carbonyl (C=O) groups excluding carboxylic acids is 1. The fourth-order valence-corrected chi connectivity index (χ4v) is 2.18. The molecule has 3 heteroatoms. The minimum atomic E-state index is -0.225. The molecule has 1 amide bonds. The van der Waals surface area contributed by atoms with Crippen molar-refractivity contribution < 1.29 is 9.18 Å². The van der Waals surface area contributed by atoms with Gasteiger partial charge in [-0.1, -0.05) is 26.0 Å². The lowest BCUT2D eigenvalue weighted by Gasteiger charge is -2.07. The van der Waals surface area contributed by atoms with Gasteiger partial charge in [0.05, 0.1) is 0 Å². The Balaban J connectivity index is 1.80. The van der Waals surface area contributed by atoms with Crippen LogP contribution in [0.25, 0.3) is 0 Å². The van der Waals surface area contributed by atoms with Crippen LogP contribution in [0.5, 0.6) is 0 Å². The van der Waals surface area contributed by atoms with Crippen molar-refractivity contribution in [3.05, 3.63) is 35.6 Å². The predicted molar refractivity (Wildman–Crippen MR) is 69.7 cm³/mol. The zero-order valence-corrected chi connectivity index (χ0v) is 10.9. The Morgan fingerprint density at radius 3 is 2.67 bits per heavy atom. The summed E-state index contributed by atoms with van der Waals surface area (Å²) in [6.45, 7) is 5.04. The number of halogens is 1. The lowest BCUT2D eigenvalue weighted by atomic mass is 10.1. The maximum absolute atomic E-state index is 12.8.